The molecule has 0 radical (unpaired) electrons. The highest BCUT2D eigenvalue weighted by atomic mass is 35.5. The lowest BCUT2D eigenvalue weighted by atomic mass is 10.2. The Morgan fingerprint density at radius 3 is 2.66 bits per heavy atom. The second kappa shape index (κ2) is 9.22. The Kier molecular flexibility index (Phi) is 6.38. The van der Waals surface area contributed by atoms with E-state index < -0.39 is 5.25 Å². The van der Waals surface area contributed by atoms with E-state index in [9.17, 15) is 9.59 Å². The highest BCUT2D eigenvalue weighted by molar-refractivity contribution is 8.00. The van der Waals surface area contributed by atoms with Gasteiger partial charge in [-0.15, -0.1) is 10.2 Å². The summed E-state index contributed by atoms with van der Waals surface area (Å²) in [6.45, 7) is 2.63. The number of ether oxygens (including phenoxy) is 1. The molecule has 0 aliphatic carbocycles. The Labute approximate surface area is 193 Å². The number of aromatic nitrogens is 4. The van der Waals surface area contributed by atoms with E-state index in [0.29, 0.717) is 45.8 Å². The summed E-state index contributed by atoms with van der Waals surface area (Å²) < 4.78 is 8.96. The summed E-state index contributed by atoms with van der Waals surface area (Å²) in [6.07, 6.45) is 0. The summed E-state index contributed by atoms with van der Waals surface area (Å²) in [5.74, 6) is 1.08. The summed E-state index contributed by atoms with van der Waals surface area (Å²) in [5, 5.41) is 9.79. The normalized spacial score (nSPS) is 12.2. The number of thioether (sulfide) groups is 1. The fourth-order valence-electron chi connectivity index (χ4n) is 3.35. The van der Waals surface area contributed by atoms with E-state index in [-0.39, 0.29) is 11.5 Å². The van der Waals surface area contributed by atoms with Crippen molar-refractivity contribution in [1.82, 2.24) is 24.1 Å². The van der Waals surface area contributed by atoms with Crippen LogP contribution in [0.3, 0.4) is 0 Å². The zero-order chi connectivity index (χ0) is 22.8. The van der Waals surface area contributed by atoms with E-state index in [4.69, 9.17) is 16.3 Å². The Hall–Kier alpha value is -3.04. The SMILES string of the molecule is CC(Sc1nnc2n(C)c(=O)c3ccccc3n12)C(=O)N(C)CCOc1ccc(Cl)cc1. The number of aryl methyl sites for hydroxylation is 1. The molecular weight excluding hydrogens is 450 g/mol. The molecule has 0 saturated carbocycles. The van der Waals surface area contributed by atoms with Crippen LogP contribution in [-0.4, -0.2) is 55.4 Å². The Balaban J connectivity index is 1.47. The summed E-state index contributed by atoms with van der Waals surface area (Å²) in [5.41, 5.74) is 0.573. The lowest BCUT2D eigenvalue weighted by Crippen LogP contribution is -2.36. The number of likely N-dealkylation sites (N-methyl/N-ethyl adjacent to an activating group) is 1. The second-order valence-corrected chi connectivity index (χ2v) is 9.07. The molecule has 0 saturated heterocycles. The standard InChI is InChI=1S/C22H22ClN5O3S/c1-14(19(29)26(2)12-13-31-16-10-8-15(23)9-11-16)32-22-25-24-21-27(3)20(30)17-6-4-5-7-18(17)28(21)22/h4-11,14H,12-13H2,1-3H3. The maximum Gasteiger partial charge on any atom is 0.262 e. The molecule has 1 atom stereocenters. The summed E-state index contributed by atoms with van der Waals surface area (Å²) in [6, 6.07) is 14.4. The third kappa shape index (κ3) is 4.31. The first-order valence-corrected chi connectivity index (χ1v) is 11.3. The number of rotatable bonds is 7. The molecule has 0 aliphatic rings. The molecule has 1 unspecified atom stereocenters. The number of fused-ring (bicyclic) bond motifs is 3. The van der Waals surface area contributed by atoms with Crippen LogP contribution >= 0.6 is 23.4 Å². The maximum absolute atomic E-state index is 12.9. The van der Waals surface area contributed by atoms with Gasteiger partial charge in [-0.05, 0) is 43.3 Å². The fourth-order valence-corrected chi connectivity index (χ4v) is 4.44. The number of carbonyl (C=O) groups excluding carboxylic acids is 1. The van der Waals surface area contributed by atoms with Crippen molar-refractivity contribution in [3.8, 4) is 5.75 Å². The summed E-state index contributed by atoms with van der Waals surface area (Å²) in [7, 11) is 3.40. The van der Waals surface area contributed by atoms with Crippen LogP contribution in [0.1, 0.15) is 6.92 Å². The van der Waals surface area contributed by atoms with Gasteiger partial charge in [-0.1, -0.05) is 35.5 Å². The third-order valence-corrected chi connectivity index (χ3v) is 6.39. The predicted octanol–water partition coefficient (Wildman–Crippen LogP) is 3.25. The topological polar surface area (TPSA) is 81.7 Å². The molecule has 2 aromatic heterocycles. The molecule has 4 rings (SSSR count). The number of carbonyl (C=O) groups is 1. The van der Waals surface area contributed by atoms with Crippen LogP contribution in [0.15, 0.2) is 58.5 Å². The van der Waals surface area contributed by atoms with Gasteiger partial charge in [-0.3, -0.25) is 18.6 Å². The summed E-state index contributed by atoms with van der Waals surface area (Å²) >= 11 is 7.18. The molecule has 0 bridgehead atoms. The van der Waals surface area contributed by atoms with Crippen molar-refractivity contribution in [1.29, 1.82) is 0 Å². The van der Waals surface area contributed by atoms with Crippen LogP contribution in [-0.2, 0) is 11.8 Å². The average Bonchev–Trinajstić information content (AvgIpc) is 3.22. The first kappa shape index (κ1) is 22.2. The Morgan fingerprint density at radius 1 is 1.19 bits per heavy atom. The van der Waals surface area contributed by atoms with Gasteiger partial charge in [0.2, 0.25) is 11.7 Å². The van der Waals surface area contributed by atoms with Gasteiger partial charge in [0.15, 0.2) is 5.16 Å². The predicted molar refractivity (Wildman–Crippen MR) is 126 cm³/mol. The van der Waals surface area contributed by atoms with E-state index >= 15 is 0 Å². The molecule has 8 nitrogen and oxygen atoms in total. The van der Waals surface area contributed by atoms with E-state index in [1.165, 1.54) is 16.3 Å². The number of benzene rings is 2. The molecule has 32 heavy (non-hydrogen) atoms. The van der Waals surface area contributed by atoms with E-state index in [1.807, 2.05) is 29.5 Å². The minimum atomic E-state index is -0.404. The largest absolute Gasteiger partial charge is 0.492 e. The zero-order valence-electron chi connectivity index (χ0n) is 17.9. The molecular formula is C22H22ClN5O3S. The van der Waals surface area contributed by atoms with Gasteiger partial charge in [-0.2, -0.15) is 0 Å². The Bertz CT molecular complexity index is 1340. The first-order valence-electron chi connectivity index (χ1n) is 9.99. The molecule has 0 aliphatic heterocycles. The quantitative estimate of drug-likeness (QED) is 0.385. The van der Waals surface area contributed by atoms with Crippen LogP contribution in [0.25, 0.3) is 16.7 Å². The van der Waals surface area contributed by atoms with Crippen molar-refractivity contribution in [2.75, 3.05) is 20.2 Å². The van der Waals surface area contributed by atoms with E-state index in [0.717, 1.165) is 0 Å². The molecule has 0 spiro atoms. The third-order valence-electron chi connectivity index (χ3n) is 5.11. The number of hydrogen-bond acceptors (Lipinski definition) is 6. The number of halogens is 1. The lowest BCUT2D eigenvalue weighted by Gasteiger charge is -2.21. The molecule has 10 heteroatoms. The van der Waals surface area contributed by atoms with Crippen molar-refractivity contribution in [2.45, 2.75) is 17.3 Å². The zero-order valence-corrected chi connectivity index (χ0v) is 19.4. The van der Waals surface area contributed by atoms with Gasteiger partial charge in [0.1, 0.15) is 12.4 Å². The number of nitrogens with zero attached hydrogens (tertiary/aromatic N) is 5. The first-order chi connectivity index (χ1) is 15.4. The second-order valence-electron chi connectivity index (χ2n) is 7.32. The van der Waals surface area contributed by atoms with Crippen molar-refractivity contribution in [3.05, 3.63) is 63.9 Å². The maximum atomic E-state index is 12.9. The van der Waals surface area contributed by atoms with Crippen molar-refractivity contribution < 1.29 is 9.53 Å². The van der Waals surface area contributed by atoms with Gasteiger partial charge in [0.25, 0.3) is 5.56 Å². The average molecular weight is 472 g/mol. The van der Waals surface area contributed by atoms with Gasteiger partial charge >= 0.3 is 0 Å². The molecule has 166 valence electrons. The van der Waals surface area contributed by atoms with Crippen LogP contribution in [0.2, 0.25) is 5.02 Å². The van der Waals surface area contributed by atoms with Crippen molar-refractivity contribution >= 4 is 46.0 Å². The minimum absolute atomic E-state index is 0.0550. The van der Waals surface area contributed by atoms with Crippen molar-refractivity contribution in [3.63, 3.8) is 0 Å². The fraction of sp³-hybridized carbons (Fsp3) is 0.273. The highest BCUT2D eigenvalue weighted by Crippen LogP contribution is 2.25. The molecule has 4 aromatic rings. The Morgan fingerprint density at radius 2 is 1.91 bits per heavy atom. The number of para-hydroxylation sites is 1. The van der Waals surface area contributed by atoms with Crippen LogP contribution in [0.4, 0.5) is 0 Å². The van der Waals surface area contributed by atoms with Gasteiger partial charge in [0, 0.05) is 19.1 Å². The van der Waals surface area contributed by atoms with Gasteiger partial charge in [0.05, 0.1) is 22.7 Å². The van der Waals surface area contributed by atoms with Crippen LogP contribution in [0, 0.1) is 0 Å². The summed E-state index contributed by atoms with van der Waals surface area (Å²) in [4.78, 5) is 27.1. The lowest BCUT2D eigenvalue weighted by molar-refractivity contribution is -0.129. The smallest absolute Gasteiger partial charge is 0.262 e. The highest BCUT2D eigenvalue weighted by Gasteiger charge is 2.23. The monoisotopic (exact) mass is 471 g/mol. The molecule has 0 fully saturated rings. The van der Waals surface area contributed by atoms with Gasteiger partial charge < -0.3 is 9.64 Å². The molecule has 1 amide bonds. The molecule has 0 N–H and O–H groups in total. The van der Waals surface area contributed by atoms with Gasteiger partial charge in [-0.25, -0.2) is 0 Å². The molecule has 2 heterocycles. The number of hydrogen-bond donors (Lipinski definition) is 0. The minimum Gasteiger partial charge on any atom is -0.492 e. The van der Waals surface area contributed by atoms with Crippen molar-refractivity contribution in [2.24, 2.45) is 7.05 Å². The molecule has 2 aromatic carbocycles. The number of amides is 1. The van der Waals surface area contributed by atoms with E-state index in [2.05, 4.69) is 10.2 Å². The van der Waals surface area contributed by atoms with Crippen LogP contribution < -0.4 is 10.3 Å². The van der Waals surface area contributed by atoms with E-state index in [1.54, 1.807) is 49.3 Å². The van der Waals surface area contributed by atoms with Crippen LogP contribution in [0.5, 0.6) is 5.75 Å².